The molecule has 6 nitrogen and oxygen atoms in total. The van der Waals surface area contributed by atoms with Crippen LogP contribution in [-0.2, 0) is 0 Å². The molecule has 3 aromatic heterocycles. The van der Waals surface area contributed by atoms with Gasteiger partial charge in [0.05, 0.1) is 22.7 Å². The number of thiazole rings is 1. The molecule has 5 aromatic rings. The zero-order valence-electron chi connectivity index (χ0n) is 15.7. The zero-order chi connectivity index (χ0) is 20.7. The molecule has 0 amide bonds. The van der Waals surface area contributed by atoms with Crippen LogP contribution in [0.15, 0.2) is 64.8 Å². The van der Waals surface area contributed by atoms with Gasteiger partial charge >= 0.3 is 5.97 Å². The van der Waals surface area contributed by atoms with Crippen LogP contribution in [0.5, 0.6) is 11.5 Å². The minimum Gasteiger partial charge on any atom is -0.493 e. The van der Waals surface area contributed by atoms with Crippen molar-refractivity contribution in [3.8, 4) is 11.5 Å². The largest absolute Gasteiger partial charge is 0.493 e. The predicted molar refractivity (Wildman–Crippen MR) is 118 cm³/mol. The number of hydrogen-bond acceptors (Lipinski definition) is 7. The van der Waals surface area contributed by atoms with E-state index in [9.17, 15) is 9.59 Å². The van der Waals surface area contributed by atoms with E-state index in [1.807, 2.05) is 29.6 Å². The highest BCUT2D eigenvalue weighted by molar-refractivity contribution is 7.15. The third-order valence-corrected chi connectivity index (χ3v) is 6.37. The normalized spacial score (nSPS) is 12.0. The Labute approximate surface area is 178 Å². The Bertz CT molecular complexity index is 1500. The predicted octanol–water partition coefficient (Wildman–Crippen LogP) is 3.75. The number of nitrogens with zero attached hydrogens (tertiary/aromatic N) is 2. The molecular weight excluding hydrogens is 420 g/mol. The molecule has 0 saturated heterocycles. The maximum atomic E-state index is 12.9. The number of benzene rings is 2. The van der Waals surface area contributed by atoms with Crippen LogP contribution in [0.4, 0.5) is 0 Å². The maximum Gasteiger partial charge on any atom is 0.353 e. The second-order valence-electron chi connectivity index (χ2n) is 6.41. The number of ether oxygens (including phenoxy) is 2. The molecule has 0 radical (unpaired) electrons. The molecule has 2 aromatic carbocycles. The number of aromatic nitrogens is 2. The Kier molecular flexibility index (Phi) is 4.57. The number of rotatable bonds is 4. The molecule has 0 aliphatic rings. The summed E-state index contributed by atoms with van der Waals surface area (Å²) in [7, 11) is 1.51. The number of carbonyl (C=O) groups excluding carboxylic acids is 1. The lowest BCUT2D eigenvalue weighted by Crippen LogP contribution is -2.22. The number of imidazole rings is 1. The summed E-state index contributed by atoms with van der Waals surface area (Å²) in [4.78, 5) is 30.8. The Hall–Kier alpha value is -3.49. The molecule has 0 unspecified atom stereocenters. The van der Waals surface area contributed by atoms with Gasteiger partial charge < -0.3 is 9.47 Å². The number of fused-ring (bicyclic) bond motifs is 3. The van der Waals surface area contributed by atoms with Crippen molar-refractivity contribution >= 4 is 50.7 Å². The number of carbonyl (C=O) groups is 1. The summed E-state index contributed by atoms with van der Waals surface area (Å²) in [6.07, 6.45) is 1.78. The second-order valence-corrected chi connectivity index (χ2v) is 8.37. The third-order valence-electron chi connectivity index (χ3n) is 4.56. The highest BCUT2D eigenvalue weighted by Gasteiger charge is 2.14. The average Bonchev–Trinajstić information content (AvgIpc) is 3.47. The van der Waals surface area contributed by atoms with E-state index < -0.39 is 5.97 Å². The van der Waals surface area contributed by atoms with Gasteiger partial charge in [0, 0.05) is 0 Å². The van der Waals surface area contributed by atoms with E-state index in [4.69, 9.17) is 9.47 Å². The van der Waals surface area contributed by atoms with E-state index in [2.05, 4.69) is 4.98 Å². The number of esters is 1. The summed E-state index contributed by atoms with van der Waals surface area (Å²) in [6, 6.07) is 16.2. The van der Waals surface area contributed by atoms with Crippen LogP contribution in [0.25, 0.3) is 22.1 Å². The van der Waals surface area contributed by atoms with Gasteiger partial charge in [0.1, 0.15) is 4.88 Å². The first-order chi connectivity index (χ1) is 14.6. The van der Waals surface area contributed by atoms with Crippen molar-refractivity contribution in [2.45, 2.75) is 0 Å². The van der Waals surface area contributed by atoms with Gasteiger partial charge in [0.15, 0.2) is 16.5 Å². The topological polar surface area (TPSA) is 69.9 Å². The van der Waals surface area contributed by atoms with Crippen molar-refractivity contribution in [2.24, 2.45) is 0 Å². The number of para-hydroxylation sites is 2. The molecule has 30 heavy (non-hydrogen) atoms. The summed E-state index contributed by atoms with van der Waals surface area (Å²) < 4.78 is 13.0. The fraction of sp³-hybridized carbons (Fsp3) is 0.0455. The molecule has 148 valence electrons. The molecule has 0 N–H and O–H groups in total. The van der Waals surface area contributed by atoms with Crippen molar-refractivity contribution in [1.82, 2.24) is 9.38 Å². The van der Waals surface area contributed by atoms with Crippen molar-refractivity contribution in [1.29, 1.82) is 0 Å². The van der Waals surface area contributed by atoms with Gasteiger partial charge in [-0.05, 0) is 47.4 Å². The minimum absolute atomic E-state index is 0.115. The molecule has 8 heteroatoms. The molecule has 0 spiro atoms. The monoisotopic (exact) mass is 434 g/mol. The standard InChI is InChI=1S/C22H14N2O4S2/c1-27-17-11-13(8-9-16(17)28-21(26)18-7-4-10-29-18)12-19-20(25)24-15-6-3-2-5-14(15)23-22(24)30-19/h2-12H,1H3/b19-12+. The molecule has 0 atom stereocenters. The molecule has 0 fully saturated rings. The lowest BCUT2D eigenvalue weighted by atomic mass is 10.2. The van der Waals surface area contributed by atoms with Crippen LogP contribution in [-0.4, -0.2) is 22.5 Å². The van der Waals surface area contributed by atoms with Crippen LogP contribution in [0.1, 0.15) is 15.2 Å². The van der Waals surface area contributed by atoms with Crippen molar-refractivity contribution < 1.29 is 14.3 Å². The third kappa shape index (κ3) is 3.16. The summed E-state index contributed by atoms with van der Waals surface area (Å²) >= 11 is 2.64. The van der Waals surface area contributed by atoms with Crippen LogP contribution in [0.2, 0.25) is 0 Å². The molecule has 0 aliphatic carbocycles. The SMILES string of the molecule is COc1cc(/C=c2/sc3nc4ccccc4n3c2=O)ccc1OC(=O)c1cccs1. The van der Waals surface area contributed by atoms with Crippen LogP contribution >= 0.6 is 22.7 Å². The summed E-state index contributed by atoms with van der Waals surface area (Å²) in [5.74, 6) is 0.295. The Balaban J connectivity index is 1.53. The van der Waals surface area contributed by atoms with E-state index in [1.165, 1.54) is 29.8 Å². The minimum atomic E-state index is -0.437. The zero-order valence-corrected chi connectivity index (χ0v) is 17.3. The molecule has 0 aliphatic heterocycles. The molecule has 5 rings (SSSR count). The van der Waals surface area contributed by atoms with E-state index in [0.717, 1.165) is 16.6 Å². The Morgan fingerprint density at radius 1 is 1.10 bits per heavy atom. The van der Waals surface area contributed by atoms with Crippen molar-refractivity contribution in [3.05, 3.63) is 85.3 Å². The van der Waals surface area contributed by atoms with Gasteiger partial charge in [-0.1, -0.05) is 35.6 Å². The molecular formula is C22H14N2O4S2. The van der Waals surface area contributed by atoms with Crippen LogP contribution < -0.4 is 19.6 Å². The van der Waals surface area contributed by atoms with Crippen LogP contribution in [0, 0.1) is 0 Å². The number of hydrogen-bond donors (Lipinski definition) is 0. The van der Waals surface area contributed by atoms with E-state index in [1.54, 1.807) is 40.8 Å². The van der Waals surface area contributed by atoms with E-state index >= 15 is 0 Å². The van der Waals surface area contributed by atoms with Gasteiger partial charge in [-0.2, -0.15) is 0 Å². The lowest BCUT2D eigenvalue weighted by Gasteiger charge is -2.09. The van der Waals surface area contributed by atoms with Gasteiger partial charge in [0.25, 0.3) is 5.56 Å². The van der Waals surface area contributed by atoms with E-state index in [0.29, 0.717) is 25.9 Å². The highest BCUT2D eigenvalue weighted by atomic mass is 32.1. The Morgan fingerprint density at radius 3 is 2.77 bits per heavy atom. The summed E-state index contributed by atoms with van der Waals surface area (Å²) in [5, 5.41) is 1.81. The lowest BCUT2D eigenvalue weighted by molar-refractivity contribution is 0.0735. The van der Waals surface area contributed by atoms with Gasteiger partial charge in [-0.25, -0.2) is 14.2 Å². The first-order valence-electron chi connectivity index (χ1n) is 8.99. The smallest absolute Gasteiger partial charge is 0.353 e. The molecule has 0 saturated carbocycles. The summed E-state index contributed by atoms with van der Waals surface area (Å²) in [6.45, 7) is 0. The van der Waals surface area contributed by atoms with Crippen LogP contribution in [0.3, 0.4) is 0 Å². The fourth-order valence-corrected chi connectivity index (χ4v) is 4.75. The maximum absolute atomic E-state index is 12.9. The molecule has 0 bridgehead atoms. The number of thiophene rings is 1. The van der Waals surface area contributed by atoms with Gasteiger partial charge in [0.2, 0.25) is 0 Å². The fourth-order valence-electron chi connectivity index (χ4n) is 3.17. The van der Waals surface area contributed by atoms with Crippen molar-refractivity contribution in [2.75, 3.05) is 7.11 Å². The average molecular weight is 434 g/mol. The van der Waals surface area contributed by atoms with Crippen molar-refractivity contribution in [3.63, 3.8) is 0 Å². The second kappa shape index (κ2) is 7.40. The van der Waals surface area contributed by atoms with Gasteiger partial charge in [-0.15, -0.1) is 11.3 Å². The number of methoxy groups -OCH3 is 1. The summed E-state index contributed by atoms with van der Waals surface area (Å²) in [5.41, 5.74) is 2.23. The highest BCUT2D eigenvalue weighted by Crippen LogP contribution is 2.29. The Morgan fingerprint density at radius 2 is 1.97 bits per heavy atom. The first kappa shape index (κ1) is 18.5. The first-order valence-corrected chi connectivity index (χ1v) is 10.7. The molecule has 3 heterocycles. The van der Waals surface area contributed by atoms with Gasteiger partial charge in [-0.3, -0.25) is 4.79 Å². The van der Waals surface area contributed by atoms with E-state index in [-0.39, 0.29) is 5.56 Å². The quantitative estimate of drug-likeness (QED) is 0.318.